The van der Waals surface area contributed by atoms with Crippen LogP contribution in [0.5, 0.6) is 0 Å². The highest BCUT2D eigenvalue weighted by atomic mass is 16.2. The van der Waals surface area contributed by atoms with Crippen LogP contribution in [0.4, 0.5) is 0 Å². The van der Waals surface area contributed by atoms with Gasteiger partial charge in [-0.1, -0.05) is 0 Å². The zero-order valence-electron chi connectivity index (χ0n) is 14.8. The lowest BCUT2D eigenvalue weighted by Crippen LogP contribution is -2.61. The Morgan fingerprint density at radius 3 is 2.71 bits per heavy atom. The minimum Gasteiger partial charge on any atom is -0.358 e. The third kappa shape index (κ3) is 3.05. The van der Waals surface area contributed by atoms with Gasteiger partial charge in [0.2, 0.25) is 5.91 Å². The third-order valence-corrected chi connectivity index (χ3v) is 5.18. The highest BCUT2D eigenvalue weighted by Crippen LogP contribution is 2.24. The Kier molecular flexibility index (Phi) is 4.89. The van der Waals surface area contributed by atoms with E-state index in [2.05, 4.69) is 34.3 Å². The zero-order valence-corrected chi connectivity index (χ0v) is 14.8. The molecule has 1 atom stereocenters. The number of fused-ring (bicyclic) bond motifs is 1. The third-order valence-electron chi connectivity index (χ3n) is 5.18. The van der Waals surface area contributed by atoms with E-state index in [1.165, 1.54) is 0 Å². The van der Waals surface area contributed by atoms with Crippen molar-refractivity contribution < 1.29 is 9.59 Å². The van der Waals surface area contributed by atoms with E-state index < -0.39 is 0 Å². The number of aryl methyl sites for hydroxylation is 1. The van der Waals surface area contributed by atoms with E-state index in [1.54, 1.807) is 11.9 Å². The lowest BCUT2D eigenvalue weighted by molar-refractivity contribution is -0.128. The molecular formula is C17H27N5O2. The van der Waals surface area contributed by atoms with Crippen LogP contribution < -0.4 is 5.32 Å². The Hall–Kier alpha value is -1.89. The Labute approximate surface area is 142 Å². The molecule has 2 heterocycles. The van der Waals surface area contributed by atoms with E-state index in [9.17, 15) is 9.59 Å². The SMILES string of the molecule is CNC(=O)[C@@H]1CN(C(=O)c2n[nH]c3c2CCCC3)CCN1C(C)C. The predicted molar refractivity (Wildman–Crippen MR) is 90.8 cm³/mol. The molecule has 1 aromatic heterocycles. The van der Waals surface area contributed by atoms with Crippen LogP contribution in [-0.4, -0.2) is 70.6 Å². The molecule has 7 nitrogen and oxygen atoms in total. The minimum atomic E-state index is -0.303. The predicted octanol–water partition coefficient (Wildman–Crippen LogP) is 0.569. The number of piperazine rings is 1. The van der Waals surface area contributed by atoms with Crippen LogP contribution >= 0.6 is 0 Å². The van der Waals surface area contributed by atoms with Gasteiger partial charge in [0.1, 0.15) is 6.04 Å². The van der Waals surface area contributed by atoms with Crippen LogP contribution in [0, 0.1) is 0 Å². The van der Waals surface area contributed by atoms with Crippen LogP contribution in [0.15, 0.2) is 0 Å². The average molecular weight is 333 g/mol. The molecule has 1 saturated heterocycles. The van der Waals surface area contributed by atoms with Gasteiger partial charge >= 0.3 is 0 Å². The summed E-state index contributed by atoms with van der Waals surface area (Å²) in [5, 5.41) is 10.0. The van der Waals surface area contributed by atoms with Crippen LogP contribution in [0.3, 0.4) is 0 Å². The maximum absolute atomic E-state index is 13.0. The summed E-state index contributed by atoms with van der Waals surface area (Å²) in [6, 6.07) is -0.0369. The van der Waals surface area contributed by atoms with Crippen molar-refractivity contribution in [3.05, 3.63) is 17.0 Å². The van der Waals surface area contributed by atoms with Crippen LogP contribution in [0.25, 0.3) is 0 Å². The molecule has 1 aliphatic carbocycles. The molecule has 2 N–H and O–H groups in total. The molecule has 24 heavy (non-hydrogen) atoms. The number of aromatic amines is 1. The minimum absolute atomic E-state index is 0.0368. The summed E-state index contributed by atoms with van der Waals surface area (Å²) >= 11 is 0. The van der Waals surface area contributed by atoms with Gasteiger partial charge in [0.25, 0.3) is 5.91 Å². The van der Waals surface area contributed by atoms with Gasteiger partial charge in [-0.3, -0.25) is 19.6 Å². The molecule has 0 spiro atoms. The van der Waals surface area contributed by atoms with Gasteiger partial charge in [-0.05, 0) is 39.5 Å². The average Bonchev–Trinajstić information content (AvgIpc) is 3.03. The molecule has 1 aromatic rings. The number of hydrogen-bond acceptors (Lipinski definition) is 4. The fourth-order valence-electron chi connectivity index (χ4n) is 3.81. The standard InChI is InChI=1S/C17H27N5O2/c1-11(2)22-9-8-21(10-14(22)16(23)18-3)17(24)15-12-6-4-5-7-13(12)19-20-15/h11,14H,4-10H2,1-3H3,(H,18,23)(H,19,20)/t14-/m0/s1. The number of carbonyl (C=O) groups excluding carboxylic acids is 2. The Balaban J connectivity index is 1.78. The van der Waals surface area contributed by atoms with Crippen molar-refractivity contribution in [2.24, 2.45) is 0 Å². The molecule has 132 valence electrons. The van der Waals surface area contributed by atoms with Crippen LogP contribution in [0.1, 0.15) is 48.4 Å². The number of H-pyrrole nitrogens is 1. The van der Waals surface area contributed by atoms with Crippen molar-refractivity contribution in [2.75, 3.05) is 26.7 Å². The number of likely N-dealkylation sites (N-methyl/N-ethyl adjacent to an activating group) is 1. The fourth-order valence-corrected chi connectivity index (χ4v) is 3.81. The monoisotopic (exact) mass is 333 g/mol. The molecule has 2 amide bonds. The quantitative estimate of drug-likeness (QED) is 0.847. The van der Waals surface area contributed by atoms with Crippen molar-refractivity contribution >= 4 is 11.8 Å². The summed E-state index contributed by atoms with van der Waals surface area (Å²) in [6.07, 6.45) is 4.14. The lowest BCUT2D eigenvalue weighted by Gasteiger charge is -2.42. The number of aromatic nitrogens is 2. The molecule has 0 bridgehead atoms. The van der Waals surface area contributed by atoms with Gasteiger partial charge in [0.05, 0.1) is 0 Å². The van der Waals surface area contributed by atoms with Crippen LogP contribution in [0.2, 0.25) is 0 Å². The normalized spacial score (nSPS) is 21.7. The van der Waals surface area contributed by atoms with Crippen molar-refractivity contribution in [1.82, 2.24) is 25.3 Å². The second-order valence-corrected chi connectivity index (χ2v) is 6.95. The van der Waals surface area contributed by atoms with Crippen LogP contribution in [-0.2, 0) is 17.6 Å². The summed E-state index contributed by atoms with van der Waals surface area (Å²) in [5.41, 5.74) is 2.74. The van der Waals surface area contributed by atoms with Crippen molar-refractivity contribution in [3.63, 3.8) is 0 Å². The van der Waals surface area contributed by atoms with E-state index in [4.69, 9.17) is 0 Å². The molecule has 2 aliphatic rings. The molecule has 1 fully saturated rings. The van der Waals surface area contributed by atoms with E-state index in [0.717, 1.165) is 36.9 Å². The van der Waals surface area contributed by atoms with Gasteiger partial charge in [-0.25, -0.2) is 0 Å². The Bertz CT molecular complexity index is 624. The van der Waals surface area contributed by atoms with Gasteiger partial charge in [0.15, 0.2) is 5.69 Å². The first-order chi connectivity index (χ1) is 11.5. The molecule has 0 saturated carbocycles. The first-order valence-corrected chi connectivity index (χ1v) is 8.85. The van der Waals surface area contributed by atoms with Gasteiger partial charge in [-0.15, -0.1) is 0 Å². The van der Waals surface area contributed by atoms with Crippen molar-refractivity contribution in [2.45, 2.75) is 51.6 Å². The van der Waals surface area contributed by atoms with Gasteiger partial charge in [0, 0.05) is 44.0 Å². The molecule has 0 radical (unpaired) electrons. The molecule has 1 aliphatic heterocycles. The zero-order chi connectivity index (χ0) is 17.3. The van der Waals surface area contributed by atoms with E-state index in [1.807, 2.05) is 0 Å². The molecule has 7 heteroatoms. The number of rotatable bonds is 3. The summed E-state index contributed by atoms with van der Waals surface area (Å²) < 4.78 is 0. The molecule has 0 aromatic carbocycles. The molecule has 0 unspecified atom stereocenters. The lowest BCUT2D eigenvalue weighted by atomic mass is 9.95. The van der Waals surface area contributed by atoms with Gasteiger partial charge in [-0.2, -0.15) is 5.10 Å². The smallest absolute Gasteiger partial charge is 0.274 e. The number of nitrogens with one attached hydrogen (secondary N) is 2. The summed E-state index contributed by atoms with van der Waals surface area (Å²) in [4.78, 5) is 29.2. The largest absolute Gasteiger partial charge is 0.358 e. The topological polar surface area (TPSA) is 81.3 Å². The number of amides is 2. The summed E-state index contributed by atoms with van der Waals surface area (Å²) in [7, 11) is 1.64. The Morgan fingerprint density at radius 2 is 2.00 bits per heavy atom. The fraction of sp³-hybridized carbons (Fsp3) is 0.706. The maximum Gasteiger partial charge on any atom is 0.274 e. The molecular weight excluding hydrogens is 306 g/mol. The van der Waals surface area contributed by atoms with E-state index >= 15 is 0 Å². The van der Waals surface area contributed by atoms with Crippen molar-refractivity contribution in [1.29, 1.82) is 0 Å². The first-order valence-electron chi connectivity index (χ1n) is 8.85. The van der Waals surface area contributed by atoms with E-state index in [0.29, 0.717) is 25.3 Å². The Morgan fingerprint density at radius 1 is 1.25 bits per heavy atom. The highest BCUT2D eigenvalue weighted by molar-refractivity contribution is 5.95. The molecule has 3 rings (SSSR count). The number of hydrogen-bond donors (Lipinski definition) is 2. The second kappa shape index (κ2) is 6.93. The summed E-state index contributed by atoms with van der Waals surface area (Å²) in [6.45, 7) is 5.91. The van der Waals surface area contributed by atoms with Crippen molar-refractivity contribution in [3.8, 4) is 0 Å². The summed E-state index contributed by atoms with van der Waals surface area (Å²) in [5.74, 6) is -0.0861. The number of carbonyl (C=O) groups is 2. The second-order valence-electron chi connectivity index (χ2n) is 6.95. The highest BCUT2D eigenvalue weighted by Gasteiger charge is 2.36. The van der Waals surface area contributed by atoms with E-state index in [-0.39, 0.29) is 23.9 Å². The van der Waals surface area contributed by atoms with Gasteiger partial charge < -0.3 is 10.2 Å². The number of nitrogens with zero attached hydrogens (tertiary/aromatic N) is 3. The maximum atomic E-state index is 13.0. The first kappa shape index (κ1) is 17.0.